The van der Waals surface area contributed by atoms with E-state index < -0.39 is 10.0 Å². The van der Waals surface area contributed by atoms with Crippen molar-refractivity contribution < 1.29 is 17.9 Å². The Kier molecular flexibility index (Phi) is 6.76. The summed E-state index contributed by atoms with van der Waals surface area (Å²) in [7, 11) is 0.510. The van der Waals surface area contributed by atoms with Crippen molar-refractivity contribution in [1.29, 1.82) is 0 Å². The molecule has 0 atom stereocenters. The quantitative estimate of drug-likeness (QED) is 0.598. The molecule has 0 aliphatic rings. The predicted octanol–water partition coefficient (Wildman–Crippen LogP) is 3.74. The minimum atomic E-state index is -3.75. The van der Waals surface area contributed by atoms with Crippen LogP contribution in [0.1, 0.15) is 10.4 Å². The number of sulfonamides is 1. The summed E-state index contributed by atoms with van der Waals surface area (Å²) in [5.41, 5.74) is 0.722. The molecule has 3 rings (SSSR count). The Hall–Kier alpha value is -2.88. The summed E-state index contributed by atoms with van der Waals surface area (Å²) < 4.78 is 31.5. The van der Waals surface area contributed by atoms with Crippen LogP contribution in [0.4, 0.5) is 5.69 Å². The van der Waals surface area contributed by atoms with Gasteiger partial charge in [-0.25, -0.2) is 17.7 Å². The van der Waals surface area contributed by atoms with E-state index in [0.717, 1.165) is 9.20 Å². The molecule has 1 amide bonds. The summed E-state index contributed by atoms with van der Waals surface area (Å²) in [6.45, 7) is 0. The molecule has 0 aliphatic heterocycles. The zero-order valence-corrected chi connectivity index (χ0v) is 18.3. The van der Waals surface area contributed by atoms with Crippen molar-refractivity contribution in [2.24, 2.45) is 0 Å². The predicted molar refractivity (Wildman–Crippen MR) is 117 cm³/mol. The fraction of sp³-hybridized carbons (Fsp3) is 0.143. The van der Waals surface area contributed by atoms with Crippen LogP contribution in [0.15, 0.2) is 81.7 Å². The zero-order valence-electron chi connectivity index (χ0n) is 16.7. The molecule has 1 aromatic heterocycles. The fourth-order valence-corrected chi connectivity index (χ4v) is 4.57. The summed E-state index contributed by atoms with van der Waals surface area (Å²) >= 11 is 1.38. The summed E-state index contributed by atoms with van der Waals surface area (Å²) in [5, 5.41) is 3.31. The highest BCUT2D eigenvalue weighted by atomic mass is 32.2. The van der Waals surface area contributed by atoms with E-state index in [4.69, 9.17) is 4.74 Å². The van der Waals surface area contributed by atoms with Crippen LogP contribution >= 0.6 is 11.8 Å². The molecule has 9 heteroatoms. The highest BCUT2D eigenvalue weighted by Crippen LogP contribution is 2.31. The van der Waals surface area contributed by atoms with Gasteiger partial charge in [0.2, 0.25) is 10.0 Å². The number of hydrogen-bond donors (Lipinski definition) is 1. The SMILES string of the molecule is COc1ccc(NC(=O)c2cccnc2Sc2ccccc2)cc1S(=O)(=O)N(C)C. The van der Waals surface area contributed by atoms with Crippen molar-refractivity contribution in [2.75, 3.05) is 26.5 Å². The maximum atomic E-state index is 12.9. The van der Waals surface area contributed by atoms with E-state index in [1.807, 2.05) is 30.3 Å². The van der Waals surface area contributed by atoms with Crippen LogP contribution < -0.4 is 10.1 Å². The molecule has 1 N–H and O–H groups in total. The zero-order chi connectivity index (χ0) is 21.7. The Bertz CT molecular complexity index is 1150. The Morgan fingerprint density at radius 3 is 2.47 bits per heavy atom. The number of benzene rings is 2. The van der Waals surface area contributed by atoms with Gasteiger partial charge in [-0.2, -0.15) is 0 Å². The van der Waals surface area contributed by atoms with Gasteiger partial charge in [0.25, 0.3) is 5.91 Å². The highest BCUT2D eigenvalue weighted by molar-refractivity contribution is 7.99. The molecule has 7 nitrogen and oxygen atoms in total. The number of nitrogens with zero attached hydrogens (tertiary/aromatic N) is 2. The van der Waals surface area contributed by atoms with Gasteiger partial charge >= 0.3 is 0 Å². The number of pyridine rings is 1. The van der Waals surface area contributed by atoms with Crippen LogP contribution in [0.25, 0.3) is 0 Å². The van der Waals surface area contributed by atoms with Gasteiger partial charge in [-0.15, -0.1) is 0 Å². The fourth-order valence-electron chi connectivity index (χ4n) is 2.60. The molecule has 156 valence electrons. The molecule has 0 unspecified atom stereocenters. The normalized spacial score (nSPS) is 11.3. The number of carbonyl (C=O) groups is 1. The molecule has 0 fully saturated rings. The molecule has 3 aromatic rings. The molecule has 0 spiro atoms. The van der Waals surface area contributed by atoms with Crippen molar-refractivity contribution in [3.05, 3.63) is 72.4 Å². The largest absolute Gasteiger partial charge is 0.495 e. The number of rotatable bonds is 7. The maximum absolute atomic E-state index is 12.9. The number of amides is 1. The maximum Gasteiger partial charge on any atom is 0.258 e. The Morgan fingerprint density at radius 2 is 1.80 bits per heavy atom. The first kappa shape index (κ1) is 21.8. The molecular weight excluding hydrogens is 422 g/mol. The molecule has 2 aromatic carbocycles. The van der Waals surface area contributed by atoms with Gasteiger partial charge in [0, 0.05) is 30.9 Å². The Labute approximate surface area is 180 Å². The summed E-state index contributed by atoms with van der Waals surface area (Å²) in [6.07, 6.45) is 1.62. The molecule has 0 aliphatic carbocycles. The van der Waals surface area contributed by atoms with Gasteiger partial charge in [0.1, 0.15) is 15.7 Å². The molecule has 0 saturated carbocycles. The first-order chi connectivity index (χ1) is 14.3. The second kappa shape index (κ2) is 9.29. The van der Waals surface area contributed by atoms with E-state index in [1.165, 1.54) is 45.1 Å². The number of methoxy groups -OCH3 is 1. The van der Waals surface area contributed by atoms with Crippen LogP contribution in [-0.4, -0.2) is 44.8 Å². The number of nitrogens with one attached hydrogen (secondary N) is 1. The van der Waals surface area contributed by atoms with Crippen molar-refractivity contribution in [3.63, 3.8) is 0 Å². The molecule has 30 heavy (non-hydrogen) atoms. The molecule has 0 saturated heterocycles. The summed E-state index contributed by atoms with van der Waals surface area (Å²) in [5.74, 6) is -0.191. The van der Waals surface area contributed by atoms with E-state index in [9.17, 15) is 13.2 Å². The summed E-state index contributed by atoms with van der Waals surface area (Å²) in [4.78, 5) is 18.2. The smallest absolute Gasteiger partial charge is 0.258 e. The number of aromatic nitrogens is 1. The summed E-state index contributed by atoms with van der Waals surface area (Å²) in [6, 6.07) is 17.4. The minimum absolute atomic E-state index is 0.0297. The monoisotopic (exact) mass is 443 g/mol. The average molecular weight is 444 g/mol. The van der Waals surface area contributed by atoms with Crippen molar-refractivity contribution in [3.8, 4) is 5.75 Å². The van der Waals surface area contributed by atoms with Crippen molar-refractivity contribution in [2.45, 2.75) is 14.8 Å². The lowest BCUT2D eigenvalue weighted by molar-refractivity contribution is 0.102. The van der Waals surface area contributed by atoms with E-state index in [2.05, 4.69) is 10.3 Å². The highest BCUT2D eigenvalue weighted by Gasteiger charge is 2.23. The van der Waals surface area contributed by atoms with Gasteiger partial charge in [-0.3, -0.25) is 4.79 Å². The van der Waals surface area contributed by atoms with Crippen molar-refractivity contribution >= 4 is 33.4 Å². The Balaban J connectivity index is 1.90. The molecule has 0 radical (unpaired) electrons. The van der Waals surface area contributed by atoms with E-state index in [-0.39, 0.29) is 16.6 Å². The molecular formula is C21H21N3O4S2. The van der Waals surface area contributed by atoms with Crippen LogP contribution in [0, 0.1) is 0 Å². The third-order valence-corrected chi connectivity index (χ3v) is 7.02. The van der Waals surface area contributed by atoms with E-state index >= 15 is 0 Å². The standard InChI is InChI=1S/C21H21N3O4S2/c1-24(2)30(26,27)19-14-15(11-12-18(19)28-3)23-20(25)17-10-7-13-22-21(17)29-16-8-5-4-6-9-16/h4-14H,1-3H3,(H,23,25). The molecule has 1 heterocycles. The van der Waals surface area contributed by atoms with E-state index in [1.54, 1.807) is 24.4 Å². The van der Waals surface area contributed by atoms with Gasteiger partial charge < -0.3 is 10.1 Å². The lowest BCUT2D eigenvalue weighted by atomic mass is 10.2. The topological polar surface area (TPSA) is 88.6 Å². The van der Waals surface area contributed by atoms with Gasteiger partial charge in [0.15, 0.2) is 0 Å². The number of ether oxygens (including phenoxy) is 1. The lowest BCUT2D eigenvalue weighted by Gasteiger charge is -2.16. The number of anilines is 1. The third kappa shape index (κ3) is 4.81. The minimum Gasteiger partial charge on any atom is -0.495 e. The lowest BCUT2D eigenvalue weighted by Crippen LogP contribution is -2.23. The third-order valence-electron chi connectivity index (χ3n) is 4.15. The van der Waals surface area contributed by atoms with Crippen LogP contribution in [0.3, 0.4) is 0 Å². The van der Waals surface area contributed by atoms with Gasteiger partial charge in [0.05, 0.1) is 12.7 Å². The molecule has 0 bridgehead atoms. The first-order valence-electron chi connectivity index (χ1n) is 8.93. The van der Waals surface area contributed by atoms with Gasteiger partial charge in [-0.05, 0) is 42.5 Å². The van der Waals surface area contributed by atoms with Crippen LogP contribution in [0.5, 0.6) is 5.75 Å². The first-order valence-corrected chi connectivity index (χ1v) is 11.2. The van der Waals surface area contributed by atoms with Crippen LogP contribution in [0.2, 0.25) is 0 Å². The van der Waals surface area contributed by atoms with E-state index in [0.29, 0.717) is 16.3 Å². The second-order valence-corrected chi connectivity index (χ2v) is 9.56. The average Bonchev–Trinajstić information content (AvgIpc) is 2.74. The second-order valence-electron chi connectivity index (χ2n) is 6.38. The van der Waals surface area contributed by atoms with Crippen molar-refractivity contribution in [1.82, 2.24) is 9.29 Å². The van der Waals surface area contributed by atoms with Crippen LogP contribution in [-0.2, 0) is 10.0 Å². The number of hydrogen-bond acceptors (Lipinski definition) is 6. The Morgan fingerprint density at radius 1 is 1.07 bits per heavy atom. The van der Waals surface area contributed by atoms with Gasteiger partial charge in [-0.1, -0.05) is 30.0 Å². The number of carbonyl (C=O) groups excluding carboxylic acids is 1.